The van der Waals surface area contributed by atoms with Crippen molar-refractivity contribution in [2.45, 2.75) is 0 Å². The Morgan fingerprint density at radius 1 is 1.36 bits per heavy atom. The number of rotatable bonds is 2. The normalized spacial score (nSPS) is 10.3. The second-order valence-corrected chi connectivity index (χ2v) is 2.96. The van der Waals surface area contributed by atoms with Crippen LogP contribution in [0.1, 0.15) is 5.56 Å². The van der Waals surface area contributed by atoms with E-state index >= 15 is 0 Å². The van der Waals surface area contributed by atoms with Gasteiger partial charge < -0.3 is 15.9 Å². The lowest BCUT2D eigenvalue weighted by Crippen LogP contribution is -2.23. The van der Waals surface area contributed by atoms with Gasteiger partial charge in [0.1, 0.15) is 11.5 Å². The van der Waals surface area contributed by atoms with Crippen LogP contribution in [0, 0.1) is 0 Å². The van der Waals surface area contributed by atoms with Crippen LogP contribution in [0.2, 0.25) is 0 Å². The highest BCUT2D eigenvalue weighted by atomic mass is 32.1. The van der Waals surface area contributed by atoms with Crippen molar-refractivity contribution in [2.24, 2.45) is 10.8 Å². The number of thiocarbonyl (C=S) groups is 1. The molecule has 1 aromatic carbocycles. The highest BCUT2D eigenvalue weighted by molar-refractivity contribution is 7.80. The minimum absolute atomic E-state index is 0.0400. The third kappa shape index (κ3) is 3.28. The first-order chi connectivity index (χ1) is 6.58. The van der Waals surface area contributed by atoms with Crippen LogP contribution in [0.25, 0.3) is 0 Å². The fraction of sp³-hybridized carbons (Fsp3) is 0. The van der Waals surface area contributed by atoms with Crippen molar-refractivity contribution >= 4 is 23.5 Å². The number of aromatic hydroxyl groups is 2. The summed E-state index contributed by atoms with van der Waals surface area (Å²) in [5.41, 5.74) is 8.01. The largest absolute Gasteiger partial charge is 0.508 e. The number of benzene rings is 1. The third-order valence-corrected chi connectivity index (χ3v) is 1.40. The Hall–Kier alpha value is -1.82. The number of phenolic OH excluding ortho intramolecular Hbond substituents is 2. The minimum atomic E-state index is -0.0400. The molecule has 14 heavy (non-hydrogen) atoms. The van der Waals surface area contributed by atoms with Crippen LogP contribution < -0.4 is 11.2 Å². The quantitative estimate of drug-likeness (QED) is 0.320. The van der Waals surface area contributed by atoms with Crippen molar-refractivity contribution < 1.29 is 10.2 Å². The van der Waals surface area contributed by atoms with E-state index in [1.807, 2.05) is 0 Å². The number of hydrazone groups is 1. The molecule has 0 aliphatic rings. The van der Waals surface area contributed by atoms with E-state index in [9.17, 15) is 0 Å². The molecule has 0 unspecified atom stereocenters. The number of hydrogen-bond acceptors (Lipinski definition) is 4. The molecule has 0 aliphatic heterocycles. The molecule has 5 nitrogen and oxygen atoms in total. The molecule has 0 fully saturated rings. The number of nitrogens with two attached hydrogens (primary N) is 1. The Labute approximate surface area is 85.9 Å². The monoisotopic (exact) mass is 211 g/mol. The van der Waals surface area contributed by atoms with Gasteiger partial charge in [-0.2, -0.15) is 5.10 Å². The van der Waals surface area contributed by atoms with Crippen LogP contribution in [-0.4, -0.2) is 21.5 Å². The Morgan fingerprint density at radius 3 is 2.43 bits per heavy atom. The first-order valence-electron chi connectivity index (χ1n) is 3.69. The summed E-state index contributed by atoms with van der Waals surface area (Å²) in [5, 5.41) is 21.9. The van der Waals surface area contributed by atoms with E-state index in [1.165, 1.54) is 24.4 Å². The van der Waals surface area contributed by atoms with E-state index < -0.39 is 0 Å². The predicted molar refractivity (Wildman–Crippen MR) is 57.3 cm³/mol. The van der Waals surface area contributed by atoms with Crippen LogP contribution in [0.5, 0.6) is 11.5 Å². The molecule has 0 saturated heterocycles. The summed E-state index contributed by atoms with van der Waals surface area (Å²) in [5.74, 6) is -0.0800. The van der Waals surface area contributed by atoms with Gasteiger partial charge in [0.25, 0.3) is 0 Å². The Bertz CT molecular complexity index is 359. The fourth-order valence-electron chi connectivity index (χ4n) is 0.863. The average molecular weight is 211 g/mol. The highest BCUT2D eigenvalue weighted by Gasteiger charge is 1.95. The first-order valence-corrected chi connectivity index (χ1v) is 4.10. The van der Waals surface area contributed by atoms with Gasteiger partial charge in [0.2, 0.25) is 0 Å². The smallest absolute Gasteiger partial charge is 0.184 e. The molecule has 0 aliphatic carbocycles. The van der Waals surface area contributed by atoms with Gasteiger partial charge in [0, 0.05) is 11.6 Å². The Balaban J connectivity index is 2.76. The number of hydrogen-bond donors (Lipinski definition) is 4. The average Bonchev–Trinajstić information content (AvgIpc) is 2.01. The van der Waals surface area contributed by atoms with Crippen molar-refractivity contribution in [1.29, 1.82) is 0 Å². The second-order valence-electron chi connectivity index (χ2n) is 2.52. The lowest BCUT2D eigenvalue weighted by Gasteiger charge is -1.98. The lowest BCUT2D eigenvalue weighted by atomic mass is 10.2. The molecule has 0 aromatic heterocycles. The van der Waals surface area contributed by atoms with Crippen molar-refractivity contribution in [3.63, 3.8) is 0 Å². The van der Waals surface area contributed by atoms with Gasteiger partial charge in [-0.05, 0) is 24.4 Å². The summed E-state index contributed by atoms with van der Waals surface area (Å²) in [6.07, 6.45) is 1.37. The van der Waals surface area contributed by atoms with Gasteiger partial charge in [-0.1, -0.05) is 0 Å². The molecule has 5 N–H and O–H groups in total. The molecule has 1 aromatic rings. The first kappa shape index (κ1) is 10.3. The summed E-state index contributed by atoms with van der Waals surface area (Å²) in [6, 6.07) is 4.09. The molecular weight excluding hydrogens is 202 g/mol. The van der Waals surface area contributed by atoms with Crippen LogP contribution in [0.15, 0.2) is 23.3 Å². The topological polar surface area (TPSA) is 90.9 Å². The third-order valence-electron chi connectivity index (χ3n) is 1.31. The van der Waals surface area contributed by atoms with Crippen LogP contribution in [-0.2, 0) is 0 Å². The molecule has 0 amide bonds. The zero-order valence-electron chi connectivity index (χ0n) is 7.14. The SMILES string of the molecule is NC(=S)N/N=C/c1cc(O)cc(O)c1. The molecule has 74 valence electrons. The molecule has 0 bridgehead atoms. The standard InChI is InChI=1S/C8H9N3O2S/c9-8(14)11-10-4-5-1-6(12)3-7(13)2-5/h1-4,12-13H,(H3,9,11,14)/b10-4+. The van der Waals surface area contributed by atoms with E-state index in [0.717, 1.165) is 0 Å². The molecule has 0 spiro atoms. The van der Waals surface area contributed by atoms with Gasteiger partial charge >= 0.3 is 0 Å². The van der Waals surface area contributed by atoms with E-state index in [-0.39, 0.29) is 16.6 Å². The maximum absolute atomic E-state index is 9.11. The molecule has 0 atom stereocenters. The van der Waals surface area contributed by atoms with Crippen molar-refractivity contribution in [3.8, 4) is 11.5 Å². The fourth-order valence-corrected chi connectivity index (χ4v) is 0.916. The van der Waals surface area contributed by atoms with Gasteiger partial charge in [0.05, 0.1) is 6.21 Å². The maximum atomic E-state index is 9.11. The Morgan fingerprint density at radius 2 is 1.93 bits per heavy atom. The van der Waals surface area contributed by atoms with Gasteiger partial charge in [-0.25, -0.2) is 0 Å². The summed E-state index contributed by atoms with van der Waals surface area (Å²) >= 11 is 4.52. The molecule has 0 saturated carbocycles. The minimum Gasteiger partial charge on any atom is -0.508 e. The predicted octanol–water partition coefficient (Wildman–Crippen LogP) is 0.265. The van der Waals surface area contributed by atoms with Crippen molar-refractivity contribution in [3.05, 3.63) is 23.8 Å². The number of nitrogens with zero attached hydrogens (tertiary/aromatic N) is 1. The summed E-state index contributed by atoms with van der Waals surface area (Å²) in [7, 11) is 0. The number of nitrogens with one attached hydrogen (secondary N) is 1. The second kappa shape index (κ2) is 4.43. The van der Waals surface area contributed by atoms with Gasteiger partial charge in [0.15, 0.2) is 5.11 Å². The molecule has 6 heteroatoms. The summed E-state index contributed by atoms with van der Waals surface area (Å²) in [4.78, 5) is 0. The van der Waals surface area contributed by atoms with Crippen LogP contribution >= 0.6 is 12.2 Å². The van der Waals surface area contributed by atoms with Gasteiger partial charge in [-0.3, -0.25) is 5.43 Å². The van der Waals surface area contributed by atoms with Crippen LogP contribution in [0.3, 0.4) is 0 Å². The molecule has 0 radical (unpaired) electrons. The van der Waals surface area contributed by atoms with E-state index in [4.69, 9.17) is 15.9 Å². The molecule has 1 rings (SSSR count). The zero-order chi connectivity index (χ0) is 10.6. The molecule has 0 heterocycles. The van der Waals surface area contributed by atoms with Crippen LogP contribution in [0.4, 0.5) is 0 Å². The summed E-state index contributed by atoms with van der Waals surface area (Å²) in [6.45, 7) is 0. The van der Waals surface area contributed by atoms with E-state index in [1.54, 1.807) is 0 Å². The Kier molecular flexibility index (Phi) is 3.24. The van der Waals surface area contributed by atoms with E-state index in [2.05, 4.69) is 22.7 Å². The zero-order valence-corrected chi connectivity index (χ0v) is 7.95. The van der Waals surface area contributed by atoms with E-state index in [0.29, 0.717) is 5.56 Å². The van der Waals surface area contributed by atoms with Crippen molar-refractivity contribution in [2.75, 3.05) is 0 Å². The maximum Gasteiger partial charge on any atom is 0.184 e. The highest BCUT2D eigenvalue weighted by Crippen LogP contribution is 2.18. The lowest BCUT2D eigenvalue weighted by molar-refractivity contribution is 0.450. The van der Waals surface area contributed by atoms with Gasteiger partial charge in [-0.15, -0.1) is 0 Å². The number of phenols is 2. The van der Waals surface area contributed by atoms with Crippen molar-refractivity contribution in [1.82, 2.24) is 5.43 Å². The summed E-state index contributed by atoms with van der Waals surface area (Å²) < 4.78 is 0. The molecular formula is C8H9N3O2S.